The van der Waals surface area contributed by atoms with E-state index >= 15 is 0 Å². The van der Waals surface area contributed by atoms with Gasteiger partial charge in [-0.3, -0.25) is 14.2 Å². The predicted octanol–water partition coefficient (Wildman–Crippen LogP) is 4.51. The van der Waals surface area contributed by atoms with E-state index < -0.39 is 0 Å². The van der Waals surface area contributed by atoms with E-state index in [1.807, 2.05) is 35.7 Å². The number of fused-ring (bicyclic) bond motifs is 1. The Morgan fingerprint density at radius 2 is 2.04 bits per heavy atom. The molecular formula is C17H15BrN2O2S2. The van der Waals surface area contributed by atoms with E-state index in [0.29, 0.717) is 16.3 Å². The molecule has 0 aliphatic heterocycles. The molecule has 24 heavy (non-hydrogen) atoms. The molecule has 2 heterocycles. The molecule has 3 rings (SSSR count). The SMILES string of the molecule is Cn1c(SCCCC(=O)c2ccc(Br)cc2)nc2ccsc2c1=O. The number of carbonyl (C=O) groups is 1. The van der Waals surface area contributed by atoms with Crippen molar-refractivity contribution in [2.75, 3.05) is 5.75 Å². The minimum atomic E-state index is -0.0107. The number of thiophene rings is 1. The zero-order valence-electron chi connectivity index (χ0n) is 13.0. The lowest BCUT2D eigenvalue weighted by Gasteiger charge is -2.07. The third-order valence-corrected chi connectivity index (χ3v) is 6.13. The Bertz CT molecular complexity index is 932. The van der Waals surface area contributed by atoms with Crippen molar-refractivity contribution in [1.29, 1.82) is 0 Å². The summed E-state index contributed by atoms with van der Waals surface area (Å²) in [5.74, 6) is 0.885. The minimum Gasteiger partial charge on any atom is -0.294 e. The van der Waals surface area contributed by atoms with Crippen molar-refractivity contribution in [1.82, 2.24) is 9.55 Å². The number of benzene rings is 1. The molecule has 0 bridgehead atoms. The van der Waals surface area contributed by atoms with E-state index in [9.17, 15) is 9.59 Å². The van der Waals surface area contributed by atoms with Gasteiger partial charge in [-0.15, -0.1) is 11.3 Å². The predicted molar refractivity (Wildman–Crippen MR) is 103 cm³/mol. The fourth-order valence-electron chi connectivity index (χ4n) is 2.27. The Morgan fingerprint density at radius 3 is 2.79 bits per heavy atom. The van der Waals surface area contributed by atoms with Gasteiger partial charge in [-0.2, -0.15) is 0 Å². The molecule has 4 nitrogen and oxygen atoms in total. The first-order chi connectivity index (χ1) is 11.6. The second kappa shape index (κ2) is 7.63. The van der Waals surface area contributed by atoms with Gasteiger partial charge >= 0.3 is 0 Å². The lowest BCUT2D eigenvalue weighted by Crippen LogP contribution is -2.19. The zero-order valence-corrected chi connectivity index (χ0v) is 16.2. The Labute approximate surface area is 156 Å². The van der Waals surface area contributed by atoms with Gasteiger partial charge in [-0.1, -0.05) is 39.8 Å². The van der Waals surface area contributed by atoms with E-state index in [1.54, 1.807) is 11.6 Å². The maximum Gasteiger partial charge on any atom is 0.271 e. The van der Waals surface area contributed by atoms with Gasteiger partial charge in [0.25, 0.3) is 5.56 Å². The summed E-state index contributed by atoms with van der Waals surface area (Å²) in [6.45, 7) is 0. The highest BCUT2D eigenvalue weighted by molar-refractivity contribution is 9.10. The third-order valence-electron chi connectivity index (χ3n) is 3.59. The normalized spacial score (nSPS) is 11.1. The summed E-state index contributed by atoms with van der Waals surface area (Å²) in [5, 5.41) is 2.58. The number of ketones is 1. The van der Waals surface area contributed by atoms with Crippen LogP contribution in [-0.2, 0) is 7.05 Å². The van der Waals surface area contributed by atoms with Crippen LogP contribution in [0.25, 0.3) is 10.2 Å². The fraction of sp³-hybridized carbons (Fsp3) is 0.235. The summed E-state index contributed by atoms with van der Waals surface area (Å²) < 4.78 is 3.23. The van der Waals surface area contributed by atoms with E-state index in [-0.39, 0.29) is 11.3 Å². The highest BCUT2D eigenvalue weighted by atomic mass is 79.9. The van der Waals surface area contributed by atoms with Gasteiger partial charge in [0.15, 0.2) is 10.9 Å². The topological polar surface area (TPSA) is 52.0 Å². The van der Waals surface area contributed by atoms with E-state index in [2.05, 4.69) is 20.9 Å². The molecule has 124 valence electrons. The Balaban J connectivity index is 1.59. The fourth-order valence-corrected chi connectivity index (χ4v) is 4.25. The maximum atomic E-state index is 12.2. The quantitative estimate of drug-likeness (QED) is 0.253. The van der Waals surface area contributed by atoms with E-state index in [4.69, 9.17) is 0 Å². The Morgan fingerprint density at radius 1 is 1.29 bits per heavy atom. The van der Waals surface area contributed by atoms with Crippen LogP contribution in [0.3, 0.4) is 0 Å². The summed E-state index contributed by atoms with van der Waals surface area (Å²) in [5.41, 5.74) is 1.47. The molecule has 0 unspecified atom stereocenters. The molecule has 0 amide bonds. The van der Waals surface area contributed by atoms with Crippen LogP contribution in [0.2, 0.25) is 0 Å². The molecule has 0 aliphatic carbocycles. The van der Waals surface area contributed by atoms with Crippen molar-refractivity contribution in [2.24, 2.45) is 7.05 Å². The second-order valence-corrected chi connectivity index (χ2v) is 8.17. The van der Waals surface area contributed by atoms with Crippen LogP contribution in [0.15, 0.2) is 50.1 Å². The van der Waals surface area contributed by atoms with Crippen LogP contribution in [0, 0.1) is 0 Å². The lowest BCUT2D eigenvalue weighted by atomic mass is 10.1. The van der Waals surface area contributed by atoms with Gasteiger partial charge in [0.2, 0.25) is 0 Å². The Hall–Kier alpha value is -1.44. The molecule has 0 saturated carbocycles. The first-order valence-corrected chi connectivity index (χ1v) is 10.1. The van der Waals surface area contributed by atoms with Crippen molar-refractivity contribution in [3.63, 3.8) is 0 Å². The summed E-state index contributed by atoms with van der Waals surface area (Å²) in [6.07, 6.45) is 1.24. The summed E-state index contributed by atoms with van der Waals surface area (Å²) in [4.78, 5) is 28.9. The van der Waals surface area contributed by atoms with Crippen molar-refractivity contribution in [3.8, 4) is 0 Å². The maximum absolute atomic E-state index is 12.2. The third kappa shape index (κ3) is 3.79. The smallest absolute Gasteiger partial charge is 0.271 e. The number of hydrogen-bond donors (Lipinski definition) is 0. The molecule has 0 spiro atoms. The monoisotopic (exact) mass is 422 g/mol. The molecule has 0 atom stereocenters. The zero-order chi connectivity index (χ0) is 17.1. The number of rotatable bonds is 6. The van der Waals surface area contributed by atoms with Crippen LogP contribution < -0.4 is 5.56 Å². The molecule has 0 aliphatic rings. The molecule has 0 saturated heterocycles. The summed E-state index contributed by atoms with van der Waals surface area (Å²) in [7, 11) is 1.74. The van der Waals surface area contributed by atoms with Crippen molar-refractivity contribution >= 4 is 55.0 Å². The highest BCUT2D eigenvalue weighted by Gasteiger charge is 2.10. The largest absolute Gasteiger partial charge is 0.294 e. The van der Waals surface area contributed by atoms with Crippen LogP contribution in [-0.4, -0.2) is 21.1 Å². The first kappa shape index (κ1) is 17.4. The number of thioether (sulfide) groups is 1. The van der Waals surface area contributed by atoms with Crippen LogP contribution in [0.1, 0.15) is 23.2 Å². The van der Waals surface area contributed by atoms with Gasteiger partial charge < -0.3 is 0 Å². The van der Waals surface area contributed by atoms with Crippen molar-refractivity contribution in [2.45, 2.75) is 18.0 Å². The standard InChI is InChI=1S/C17H15BrN2O2S2/c1-20-16(22)15-13(8-10-23-15)19-17(20)24-9-2-3-14(21)11-4-6-12(18)7-5-11/h4-8,10H,2-3,9H2,1H3. The second-order valence-electron chi connectivity index (χ2n) is 5.28. The van der Waals surface area contributed by atoms with Gasteiger partial charge in [0.05, 0.1) is 5.52 Å². The average molecular weight is 423 g/mol. The van der Waals surface area contributed by atoms with Gasteiger partial charge in [0, 0.05) is 29.3 Å². The molecule has 1 aromatic carbocycles. The van der Waals surface area contributed by atoms with Crippen molar-refractivity contribution < 1.29 is 4.79 Å². The molecule has 0 N–H and O–H groups in total. The molecular weight excluding hydrogens is 408 g/mol. The highest BCUT2D eigenvalue weighted by Crippen LogP contribution is 2.21. The summed E-state index contributed by atoms with van der Waals surface area (Å²) in [6, 6.07) is 9.27. The first-order valence-electron chi connectivity index (χ1n) is 7.42. The molecule has 3 aromatic rings. The number of halogens is 1. The number of nitrogens with zero attached hydrogens (tertiary/aromatic N) is 2. The molecule has 0 fully saturated rings. The minimum absolute atomic E-state index is 0.0107. The molecule has 2 aromatic heterocycles. The average Bonchev–Trinajstić information content (AvgIpc) is 3.05. The summed E-state index contributed by atoms with van der Waals surface area (Å²) >= 11 is 6.29. The van der Waals surface area contributed by atoms with Gasteiger partial charge in [-0.05, 0) is 30.0 Å². The van der Waals surface area contributed by atoms with E-state index in [1.165, 1.54) is 23.1 Å². The van der Waals surface area contributed by atoms with Gasteiger partial charge in [0.1, 0.15) is 4.70 Å². The number of hydrogen-bond acceptors (Lipinski definition) is 5. The van der Waals surface area contributed by atoms with Crippen LogP contribution >= 0.6 is 39.0 Å². The molecule has 7 heteroatoms. The molecule has 0 radical (unpaired) electrons. The lowest BCUT2D eigenvalue weighted by molar-refractivity contribution is 0.0982. The Kier molecular flexibility index (Phi) is 5.53. The van der Waals surface area contributed by atoms with Crippen LogP contribution in [0.5, 0.6) is 0 Å². The van der Waals surface area contributed by atoms with Gasteiger partial charge in [-0.25, -0.2) is 4.98 Å². The van der Waals surface area contributed by atoms with Crippen LogP contribution in [0.4, 0.5) is 0 Å². The number of carbonyl (C=O) groups excluding carboxylic acids is 1. The number of aromatic nitrogens is 2. The van der Waals surface area contributed by atoms with E-state index in [0.717, 1.165) is 27.7 Å². The van der Waals surface area contributed by atoms with Crippen molar-refractivity contribution in [3.05, 3.63) is 56.1 Å². The number of Topliss-reactive ketones (excluding diaryl/α,β-unsaturated/α-hetero) is 1.